The van der Waals surface area contributed by atoms with E-state index in [4.69, 9.17) is 5.26 Å². The average molecular weight is 229 g/mol. The fraction of sp³-hybridized carbons (Fsp3) is 0.571. The van der Waals surface area contributed by atoms with Gasteiger partial charge >= 0.3 is 0 Å². The summed E-state index contributed by atoms with van der Waals surface area (Å²) in [5.74, 6) is 0.716. The molecule has 90 valence electrons. The van der Waals surface area contributed by atoms with Crippen molar-refractivity contribution in [2.75, 3.05) is 11.4 Å². The maximum Gasteiger partial charge on any atom is 0.142 e. The van der Waals surface area contributed by atoms with E-state index in [1.807, 2.05) is 12.1 Å². The third-order valence-electron chi connectivity index (χ3n) is 3.12. The van der Waals surface area contributed by atoms with E-state index < -0.39 is 0 Å². The summed E-state index contributed by atoms with van der Waals surface area (Å²) in [7, 11) is 0. The van der Waals surface area contributed by atoms with E-state index in [1.54, 1.807) is 6.20 Å². The monoisotopic (exact) mass is 229 g/mol. The number of aromatic nitrogens is 1. The predicted molar refractivity (Wildman–Crippen MR) is 68.8 cm³/mol. The highest BCUT2D eigenvalue weighted by molar-refractivity contribution is 5.50. The number of hydrogen-bond acceptors (Lipinski definition) is 3. The number of anilines is 1. The van der Waals surface area contributed by atoms with E-state index in [9.17, 15) is 0 Å². The largest absolute Gasteiger partial charge is 0.368 e. The lowest BCUT2D eigenvalue weighted by Gasteiger charge is -2.25. The highest BCUT2D eigenvalue weighted by Gasteiger charge is 2.29. The van der Waals surface area contributed by atoms with Crippen LogP contribution in [0.5, 0.6) is 0 Å². The second-order valence-electron chi connectivity index (χ2n) is 5.12. The first kappa shape index (κ1) is 11.9. The van der Waals surface area contributed by atoms with Crippen molar-refractivity contribution in [2.24, 2.45) is 5.92 Å². The number of rotatable bonds is 5. The van der Waals surface area contributed by atoms with Crippen LogP contribution in [0.15, 0.2) is 18.3 Å². The lowest BCUT2D eigenvalue weighted by atomic mass is 10.1. The molecule has 3 heteroatoms. The molecule has 0 radical (unpaired) electrons. The summed E-state index contributed by atoms with van der Waals surface area (Å²) in [6.45, 7) is 5.58. The summed E-state index contributed by atoms with van der Waals surface area (Å²) in [4.78, 5) is 6.46. The van der Waals surface area contributed by atoms with Crippen LogP contribution in [0.25, 0.3) is 0 Å². The molecule has 1 aromatic heterocycles. The number of pyridine rings is 1. The van der Waals surface area contributed by atoms with Gasteiger partial charge in [-0.25, -0.2) is 4.98 Å². The molecule has 17 heavy (non-hydrogen) atoms. The number of nitrogens with zero attached hydrogens (tertiary/aromatic N) is 3. The van der Waals surface area contributed by atoms with Crippen LogP contribution in [0, 0.1) is 17.2 Å². The maximum absolute atomic E-state index is 8.89. The van der Waals surface area contributed by atoms with Crippen LogP contribution in [0.4, 0.5) is 5.69 Å². The zero-order valence-corrected chi connectivity index (χ0v) is 10.6. The van der Waals surface area contributed by atoms with Gasteiger partial charge in [-0.1, -0.05) is 13.8 Å². The van der Waals surface area contributed by atoms with Crippen LogP contribution in [0.2, 0.25) is 0 Å². The minimum Gasteiger partial charge on any atom is -0.368 e. The minimum atomic E-state index is 0.512. The second kappa shape index (κ2) is 5.18. The highest BCUT2D eigenvalue weighted by atomic mass is 15.2. The molecule has 0 saturated heterocycles. The molecule has 2 rings (SSSR count). The SMILES string of the molecule is CC(C)CCN(c1ccnc(C#N)c1)C1CC1. The Kier molecular flexibility index (Phi) is 3.63. The molecule has 3 nitrogen and oxygen atoms in total. The highest BCUT2D eigenvalue weighted by Crippen LogP contribution is 2.32. The van der Waals surface area contributed by atoms with Crippen LogP contribution in [-0.2, 0) is 0 Å². The van der Waals surface area contributed by atoms with Crippen molar-refractivity contribution in [3.8, 4) is 6.07 Å². The van der Waals surface area contributed by atoms with Crippen molar-refractivity contribution in [1.29, 1.82) is 5.26 Å². The average Bonchev–Trinajstić information content (AvgIpc) is 3.14. The summed E-state index contributed by atoms with van der Waals surface area (Å²) < 4.78 is 0. The minimum absolute atomic E-state index is 0.512. The second-order valence-corrected chi connectivity index (χ2v) is 5.12. The first-order chi connectivity index (χ1) is 8.20. The molecule has 0 amide bonds. The van der Waals surface area contributed by atoms with Gasteiger partial charge in [0, 0.05) is 24.5 Å². The zero-order valence-electron chi connectivity index (χ0n) is 10.6. The third kappa shape index (κ3) is 3.20. The molecule has 0 aromatic carbocycles. The molecule has 0 N–H and O–H groups in total. The van der Waals surface area contributed by atoms with Gasteiger partial charge in [-0.3, -0.25) is 0 Å². The van der Waals surface area contributed by atoms with Crippen molar-refractivity contribution in [3.05, 3.63) is 24.0 Å². The molecule has 1 aliphatic rings. The fourth-order valence-corrected chi connectivity index (χ4v) is 1.97. The normalized spacial score (nSPS) is 14.7. The van der Waals surface area contributed by atoms with Crippen LogP contribution < -0.4 is 4.90 Å². The Bertz CT molecular complexity index is 416. The van der Waals surface area contributed by atoms with Gasteiger partial charge in [-0.05, 0) is 37.3 Å². The van der Waals surface area contributed by atoms with E-state index in [-0.39, 0.29) is 0 Å². The van der Waals surface area contributed by atoms with E-state index in [0.29, 0.717) is 17.7 Å². The van der Waals surface area contributed by atoms with Crippen LogP contribution in [0.1, 0.15) is 38.8 Å². The molecule has 1 aliphatic carbocycles. The van der Waals surface area contributed by atoms with Crippen molar-refractivity contribution in [1.82, 2.24) is 4.98 Å². The summed E-state index contributed by atoms with van der Waals surface area (Å²) in [6, 6.07) is 6.71. The Morgan fingerprint density at radius 2 is 2.29 bits per heavy atom. The fourth-order valence-electron chi connectivity index (χ4n) is 1.97. The van der Waals surface area contributed by atoms with Gasteiger partial charge in [0.2, 0.25) is 0 Å². The molecule has 0 unspecified atom stereocenters. The van der Waals surface area contributed by atoms with Gasteiger partial charge in [0.25, 0.3) is 0 Å². The molecular formula is C14H19N3. The van der Waals surface area contributed by atoms with Crippen LogP contribution in [0.3, 0.4) is 0 Å². The summed E-state index contributed by atoms with van der Waals surface area (Å²) in [6.07, 6.45) is 5.49. The topological polar surface area (TPSA) is 39.9 Å². The Balaban J connectivity index is 2.11. The maximum atomic E-state index is 8.89. The van der Waals surface area contributed by atoms with Gasteiger partial charge in [0.05, 0.1) is 0 Å². The molecule has 0 spiro atoms. The lowest BCUT2D eigenvalue weighted by molar-refractivity contribution is 0.570. The molecule has 0 atom stereocenters. The quantitative estimate of drug-likeness (QED) is 0.779. The Labute approximate surface area is 103 Å². The molecule has 1 fully saturated rings. The van der Waals surface area contributed by atoms with Crippen LogP contribution >= 0.6 is 0 Å². The van der Waals surface area contributed by atoms with Crippen molar-refractivity contribution < 1.29 is 0 Å². The zero-order chi connectivity index (χ0) is 12.3. The Hall–Kier alpha value is -1.56. The summed E-state index contributed by atoms with van der Waals surface area (Å²) >= 11 is 0. The molecule has 1 saturated carbocycles. The Morgan fingerprint density at radius 1 is 1.53 bits per heavy atom. The van der Waals surface area contributed by atoms with E-state index >= 15 is 0 Å². The standard InChI is InChI=1S/C14H19N3/c1-11(2)6-8-17(13-3-4-13)14-5-7-16-12(9-14)10-15/h5,7,9,11,13H,3-4,6,8H2,1-2H3. The number of nitriles is 1. The van der Waals surface area contributed by atoms with Crippen molar-refractivity contribution >= 4 is 5.69 Å². The van der Waals surface area contributed by atoms with Gasteiger partial charge in [-0.15, -0.1) is 0 Å². The summed E-state index contributed by atoms with van der Waals surface area (Å²) in [5.41, 5.74) is 1.66. The first-order valence-corrected chi connectivity index (χ1v) is 6.33. The number of hydrogen-bond donors (Lipinski definition) is 0. The van der Waals surface area contributed by atoms with Gasteiger partial charge < -0.3 is 4.90 Å². The van der Waals surface area contributed by atoms with Crippen molar-refractivity contribution in [2.45, 2.75) is 39.2 Å². The van der Waals surface area contributed by atoms with E-state index in [2.05, 4.69) is 29.8 Å². The first-order valence-electron chi connectivity index (χ1n) is 6.33. The van der Waals surface area contributed by atoms with Gasteiger partial charge in [0.1, 0.15) is 11.8 Å². The Morgan fingerprint density at radius 3 is 2.88 bits per heavy atom. The summed E-state index contributed by atoms with van der Waals surface area (Å²) in [5, 5.41) is 8.89. The molecule has 0 aliphatic heterocycles. The third-order valence-corrected chi connectivity index (χ3v) is 3.12. The molecule has 0 bridgehead atoms. The van der Waals surface area contributed by atoms with Gasteiger partial charge in [0.15, 0.2) is 0 Å². The van der Waals surface area contributed by atoms with Gasteiger partial charge in [-0.2, -0.15) is 5.26 Å². The van der Waals surface area contributed by atoms with Crippen LogP contribution in [-0.4, -0.2) is 17.6 Å². The van der Waals surface area contributed by atoms with E-state index in [0.717, 1.165) is 12.2 Å². The molecular weight excluding hydrogens is 210 g/mol. The smallest absolute Gasteiger partial charge is 0.142 e. The molecule has 1 aromatic rings. The predicted octanol–water partition coefficient (Wildman–Crippen LogP) is 2.97. The van der Waals surface area contributed by atoms with E-state index in [1.165, 1.54) is 19.3 Å². The lowest BCUT2D eigenvalue weighted by Crippen LogP contribution is -2.27. The van der Waals surface area contributed by atoms with Crippen molar-refractivity contribution in [3.63, 3.8) is 0 Å². The molecule has 1 heterocycles.